The summed E-state index contributed by atoms with van der Waals surface area (Å²) in [6, 6.07) is 13.1. The van der Waals surface area contributed by atoms with Crippen LogP contribution in [0.15, 0.2) is 47.8 Å². The molecule has 2 N–H and O–H groups in total. The van der Waals surface area contributed by atoms with Crippen molar-refractivity contribution < 1.29 is 9.59 Å². The Balaban J connectivity index is 0.00000225. The standard InChI is InChI=1S/C18H21N3O2S.ClH/c19-15(14-5-2-1-3-6-14)13-17(22)20-8-10-21(11-9-20)18(23)16-7-4-12-24-16;/h1-7,12,15H,8-11,13,19H2;1H. The first-order valence-electron chi connectivity index (χ1n) is 8.06. The van der Waals surface area contributed by atoms with Gasteiger partial charge < -0.3 is 15.5 Å². The van der Waals surface area contributed by atoms with Crippen LogP contribution in [0, 0.1) is 0 Å². The maximum atomic E-state index is 12.4. The van der Waals surface area contributed by atoms with Gasteiger partial charge in [0.25, 0.3) is 5.91 Å². The predicted octanol–water partition coefficient (Wildman–Crippen LogP) is 2.54. The van der Waals surface area contributed by atoms with Gasteiger partial charge in [0.15, 0.2) is 0 Å². The summed E-state index contributed by atoms with van der Waals surface area (Å²) < 4.78 is 0. The van der Waals surface area contributed by atoms with E-state index in [1.54, 1.807) is 4.90 Å². The first kappa shape index (κ1) is 19.4. The Labute approximate surface area is 157 Å². The van der Waals surface area contributed by atoms with Crippen LogP contribution < -0.4 is 5.73 Å². The van der Waals surface area contributed by atoms with Crippen molar-refractivity contribution in [3.63, 3.8) is 0 Å². The fourth-order valence-corrected chi connectivity index (χ4v) is 3.54. The van der Waals surface area contributed by atoms with Crippen LogP contribution in [0.4, 0.5) is 0 Å². The molecule has 2 amide bonds. The summed E-state index contributed by atoms with van der Waals surface area (Å²) in [4.78, 5) is 29.1. The number of nitrogens with zero attached hydrogens (tertiary/aromatic N) is 2. The fourth-order valence-electron chi connectivity index (χ4n) is 2.85. The van der Waals surface area contributed by atoms with E-state index in [2.05, 4.69) is 0 Å². The molecule has 1 unspecified atom stereocenters. The van der Waals surface area contributed by atoms with Gasteiger partial charge in [-0.15, -0.1) is 23.7 Å². The summed E-state index contributed by atoms with van der Waals surface area (Å²) in [5.74, 6) is 0.104. The average molecular weight is 380 g/mol. The van der Waals surface area contributed by atoms with Crippen LogP contribution in [-0.4, -0.2) is 47.8 Å². The van der Waals surface area contributed by atoms with Crippen molar-refractivity contribution in [2.24, 2.45) is 5.73 Å². The van der Waals surface area contributed by atoms with E-state index in [-0.39, 0.29) is 30.3 Å². The van der Waals surface area contributed by atoms with Crippen molar-refractivity contribution in [2.45, 2.75) is 12.5 Å². The molecule has 1 fully saturated rings. The van der Waals surface area contributed by atoms with Gasteiger partial charge in [0.2, 0.25) is 5.91 Å². The van der Waals surface area contributed by atoms with Crippen LogP contribution in [0.1, 0.15) is 27.7 Å². The number of halogens is 1. The van der Waals surface area contributed by atoms with Gasteiger partial charge in [-0.25, -0.2) is 0 Å². The van der Waals surface area contributed by atoms with Crippen molar-refractivity contribution in [1.29, 1.82) is 0 Å². The Bertz CT molecular complexity index is 686. The summed E-state index contributed by atoms with van der Waals surface area (Å²) >= 11 is 1.45. The van der Waals surface area contributed by atoms with Crippen molar-refractivity contribution in [1.82, 2.24) is 9.80 Å². The lowest BCUT2D eigenvalue weighted by molar-refractivity contribution is -0.133. The van der Waals surface area contributed by atoms with Crippen molar-refractivity contribution in [2.75, 3.05) is 26.2 Å². The third-order valence-electron chi connectivity index (χ3n) is 4.27. The van der Waals surface area contributed by atoms with Crippen LogP contribution >= 0.6 is 23.7 Å². The highest BCUT2D eigenvalue weighted by molar-refractivity contribution is 7.12. The van der Waals surface area contributed by atoms with Crippen molar-refractivity contribution >= 4 is 35.6 Å². The minimum Gasteiger partial charge on any atom is -0.339 e. The SMILES string of the molecule is Cl.NC(CC(=O)N1CCN(C(=O)c2cccs2)CC1)c1ccccc1. The highest BCUT2D eigenvalue weighted by Gasteiger charge is 2.26. The third-order valence-corrected chi connectivity index (χ3v) is 5.13. The zero-order valence-electron chi connectivity index (χ0n) is 13.8. The monoisotopic (exact) mass is 379 g/mol. The van der Waals surface area contributed by atoms with Crippen LogP contribution in [0.25, 0.3) is 0 Å². The minimum atomic E-state index is -0.288. The molecule has 1 aromatic carbocycles. The van der Waals surface area contributed by atoms with Crippen LogP contribution in [0.2, 0.25) is 0 Å². The molecule has 2 aromatic rings. The van der Waals surface area contributed by atoms with E-state index in [0.29, 0.717) is 32.6 Å². The Morgan fingerprint density at radius 3 is 2.24 bits per heavy atom. The molecular weight excluding hydrogens is 358 g/mol. The second kappa shape index (κ2) is 8.99. The first-order chi connectivity index (χ1) is 11.6. The fraction of sp³-hybridized carbons (Fsp3) is 0.333. The van der Waals surface area contributed by atoms with Gasteiger partial charge in [-0.3, -0.25) is 9.59 Å². The van der Waals surface area contributed by atoms with E-state index in [0.717, 1.165) is 10.4 Å². The molecule has 2 heterocycles. The second-order valence-electron chi connectivity index (χ2n) is 5.87. The van der Waals surface area contributed by atoms with Gasteiger partial charge in [-0.05, 0) is 17.0 Å². The molecule has 134 valence electrons. The summed E-state index contributed by atoms with van der Waals surface area (Å²) in [6.07, 6.45) is 0.295. The molecule has 1 aliphatic heterocycles. The van der Waals surface area contributed by atoms with Gasteiger partial charge in [0, 0.05) is 38.6 Å². The van der Waals surface area contributed by atoms with E-state index >= 15 is 0 Å². The molecule has 5 nitrogen and oxygen atoms in total. The zero-order valence-corrected chi connectivity index (χ0v) is 15.5. The Morgan fingerprint density at radius 2 is 1.64 bits per heavy atom. The summed E-state index contributed by atoms with van der Waals surface area (Å²) in [6.45, 7) is 2.28. The predicted molar refractivity (Wildman–Crippen MR) is 102 cm³/mol. The van der Waals surface area contributed by atoms with Crippen molar-refractivity contribution in [3.8, 4) is 0 Å². The summed E-state index contributed by atoms with van der Waals surface area (Å²) in [5, 5.41) is 1.90. The lowest BCUT2D eigenvalue weighted by Crippen LogP contribution is -2.50. The van der Waals surface area contributed by atoms with Crippen LogP contribution in [0.3, 0.4) is 0 Å². The number of carbonyl (C=O) groups is 2. The maximum absolute atomic E-state index is 12.4. The second-order valence-corrected chi connectivity index (χ2v) is 6.82. The topological polar surface area (TPSA) is 66.6 Å². The normalized spacial score (nSPS) is 15.4. The van der Waals surface area contributed by atoms with Gasteiger partial charge in [0.1, 0.15) is 0 Å². The van der Waals surface area contributed by atoms with Gasteiger partial charge in [-0.2, -0.15) is 0 Å². The summed E-state index contributed by atoms with van der Waals surface area (Å²) in [7, 11) is 0. The van der Waals surface area contributed by atoms with Crippen LogP contribution in [-0.2, 0) is 4.79 Å². The van der Waals surface area contributed by atoms with Crippen LogP contribution in [0.5, 0.6) is 0 Å². The molecule has 1 aliphatic rings. The molecule has 1 aromatic heterocycles. The number of nitrogens with two attached hydrogens (primary N) is 1. The highest BCUT2D eigenvalue weighted by atomic mass is 35.5. The lowest BCUT2D eigenvalue weighted by atomic mass is 10.0. The number of hydrogen-bond acceptors (Lipinski definition) is 4. The molecule has 0 aliphatic carbocycles. The number of carbonyl (C=O) groups excluding carboxylic acids is 2. The van der Waals surface area contributed by atoms with Crippen molar-refractivity contribution in [3.05, 3.63) is 58.3 Å². The quantitative estimate of drug-likeness (QED) is 0.887. The molecule has 0 spiro atoms. The van der Waals surface area contributed by atoms with E-state index in [1.807, 2.05) is 52.7 Å². The molecule has 0 saturated carbocycles. The highest BCUT2D eigenvalue weighted by Crippen LogP contribution is 2.17. The number of rotatable bonds is 4. The molecule has 1 saturated heterocycles. The number of thiophene rings is 1. The zero-order chi connectivity index (χ0) is 16.9. The lowest BCUT2D eigenvalue weighted by Gasteiger charge is -2.35. The molecule has 0 radical (unpaired) electrons. The largest absolute Gasteiger partial charge is 0.339 e. The smallest absolute Gasteiger partial charge is 0.264 e. The number of piperazine rings is 1. The number of amides is 2. The van der Waals surface area contributed by atoms with E-state index < -0.39 is 0 Å². The molecule has 7 heteroatoms. The number of benzene rings is 1. The molecule has 0 bridgehead atoms. The van der Waals surface area contributed by atoms with E-state index in [4.69, 9.17) is 5.73 Å². The average Bonchev–Trinajstić information content (AvgIpc) is 3.16. The number of hydrogen-bond donors (Lipinski definition) is 1. The maximum Gasteiger partial charge on any atom is 0.264 e. The van der Waals surface area contributed by atoms with Gasteiger partial charge in [0.05, 0.1) is 4.88 Å². The molecule has 3 rings (SSSR count). The third kappa shape index (κ3) is 4.81. The van der Waals surface area contributed by atoms with E-state index in [1.165, 1.54) is 11.3 Å². The van der Waals surface area contributed by atoms with E-state index in [9.17, 15) is 9.59 Å². The molecular formula is C18H22ClN3O2S. The molecule has 1 atom stereocenters. The molecule has 25 heavy (non-hydrogen) atoms. The summed E-state index contributed by atoms with van der Waals surface area (Å²) in [5.41, 5.74) is 7.10. The van der Waals surface area contributed by atoms with Gasteiger partial charge >= 0.3 is 0 Å². The Morgan fingerprint density at radius 1 is 1.00 bits per heavy atom. The Kier molecular flexibility index (Phi) is 6.99. The first-order valence-corrected chi connectivity index (χ1v) is 8.94. The minimum absolute atomic E-state index is 0. The van der Waals surface area contributed by atoms with Gasteiger partial charge in [-0.1, -0.05) is 36.4 Å². The Hall–Kier alpha value is -1.89.